The minimum atomic E-state index is -3.53. The third-order valence-electron chi connectivity index (χ3n) is 3.89. The normalized spacial score (nSPS) is 22.5. The molecule has 2 heterocycles. The van der Waals surface area contributed by atoms with Crippen LogP contribution in [0, 0.1) is 0 Å². The van der Waals surface area contributed by atoms with Crippen LogP contribution in [0.4, 0.5) is 0 Å². The van der Waals surface area contributed by atoms with E-state index in [1.807, 2.05) is 0 Å². The summed E-state index contributed by atoms with van der Waals surface area (Å²) in [6.07, 6.45) is 1.47. The van der Waals surface area contributed by atoms with Gasteiger partial charge in [0.1, 0.15) is 5.75 Å². The molecule has 3 rings (SSSR count). The zero-order chi connectivity index (χ0) is 14.9. The van der Waals surface area contributed by atoms with Gasteiger partial charge in [-0.3, -0.25) is 0 Å². The van der Waals surface area contributed by atoms with Gasteiger partial charge < -0.3 is 14.2 Å². The Hall–Kier alpha value is -1.15. The summed E-state index contributed by atoms with van der Waals surface area (Å²) in [5.41, 5.74) is 0. The molecule has 0 amide bonds. The highest BCUT2D eigenvalue weighted by atomic mass is 32.2. The number of piperidine rings is 1. The molecule has 0 aromatic heterocycles. The van der Waals surface area contributed by atoms with E-state index < -0.39 is 15.8 Å². The van der Waals surface area contributed by atoms with E-state index in [1.54, 1.807) is 31.4 Å². The predicted octanol–water partition coefficient (Wildman–Crippen LogP) is 1.22. The molecule has 0 bridgehead atoms. The van der Waals surface area contributed by atoms with Crippen LogP contribution in [0.2, 0.25) is 0 Å². The van der Waals surface area contributed by atoms with Crippen LogP contribution in [0.1, 0.15) is 12.8 Å². The zero-order valence-corrected chi connectivity index (χ0v) is 12.8. The Morgan fingerprint density at radius 1 is 1.19 bits per heavy atom. The third-order valence-corrected chi connectivity index (χ3v) is 5.75. The van der Waals surface area contributed by atoms with Gasteiger partial charge in [0.2, 0.25) is 10.0 Å². The lowest BCUT2D eigenvalue weighted by Gasteiger charge is -2.37. The molecule has 2 fully saturated rings. The maximum absolute atomic E-state index is 12.7. The first-order chi connectivity index (χ1) is 10.1. The highest BCUT2D eigenvalue weighted by Crippen LogP contribution is 2.33. The van der Waals surface area contributed by atoms with Crippen molar-refractivity contribution in [3.63, 3.8) is 0 Å². The van der Waals surface area contributed by atoms with Gasteiger partial charge in [-0.25, -0.2) is 8.42 Å². The average Bonchev–Trinajstić information content (AvgIpc) is 2.95. The highest BCUT2D eigenvalue weighted by Gasteiger charge is 2.44. The molecule has 6 nitrogen and oxygen atoms in total. The molecule has 0 radical (unpaired) electrons. The fraction of sp³-hybridized carbons (Fsp3) is 0.571. The van der Waals surface area contributed by atoms with Gasteiger partial charge in [0.25, 0.3) is 0 Å². The standard InChI is InChI=1S/C14H19NO5S/c1-18-12-3-5-13(6-4-12)21(16,17)15-8-2-7-14(11-15)19-9-10-20-14/h3-6H,2,7-11H2,1H3. The van der Waals surface area contributed by atoms with E-state index in [0.29, 0.717) is 25.5 Å². The van der Waals surface area contributed by atoms with Crippen molar-refractivity contribution in [2.45, 2.75) is 23.5 Å². The van der Waals surface area contributed by atoms with Crippen LogP contribution in [0.25, 0.3) is 0 Å². The van der Waals surface area contributed by atoms with E-state index in [-0.39, 0.29) is 11.4 Å². The molecule has 2 saturated heterocycles. The van der Waals surface area contributed by atoms with E-state index in [9.17, 15) is 8.42 Å². The van der Waals surface area contributed by atoms with Gasteiger partial charge in [0.05, 0.1) is 31.8 Å². The van der Waals surface area contributed by atoms with Crippen molar-refractivity contribution < 1.29 is 22.6 Å². The van der Waals surface area contributed by atoms with Gasteiger partial charge >= 0.3 is 0 Å². The Labute approximate surface area is 124 Å². The lowest BCUT2D eigenvalue weighted by molar-refractivity contribution is -0.179. The first-order valence-corrected chi connectivity index (χ1v) is 8.42. The summed E-state index contributed by atoms with van der Waals surface area (Å²) in [6.45, 7) is 1.79. The minimum absolute atomic E-state index is 0.251. The minimum Gasteiger partial charge on any atom is -0.497 e. The second-order valence-electron chi connectivity index (χ2n) is 5.23. The number of hydrogen-bond donors (Lipinski definition) is 0. The van der Waals surface area contributed by atoms with Gasteiger partial charge in [-0.05, 0) is 30.7 Å². The first kappa shape index (κ1) is 14.8. The molecule has 0 unspecified atom stereocenters. The quantitative estimate of drug-likeness (QED) is 0.839. The van der Waals surface area contributed by atoms with Crippen molar-refractivity contribution in [1.29, 1.82) is 0 Å². The van der Waals surface area contributed by atoms with Gasteiger partial charge in [-0.2, -0.15) is 4.31 Å². The fourth-order valence-corrected chi connectivity index (χ4v) is 4.30. The van der Waals surface area contributed by atoms with Crippen LogP contribution < -0.4 is 4.74 Å². The van der Waals surface area contributed by atoms with E-state index in [0.717, 1.165) is 12.8 Å². The Bertz CT molecular complexity index is 592. The Morgan fingerprint density at radius 3 is 2.48 bits per heavy atom. The molecule has 116 valence electrons. The smallest absolute Gasteiger partial charge is 0.243 e. The number of nitrogens with zero attached hydrogens (tertiary/aromatic N) is 1. The maximum Gasteiger partial charge on any atom is 0.243 e. The summed E-state index contributed by atoms with van der Waals surface area (Å²) < 4.78 is 43.2. The van der Waals surface area contributed by atoms with Crippen LogP contribution >= 0.6 is 0 Å². The molecule has 1 aromatic rings. The Morgan fingerprint density at radius 2 is 1.86 bits per heavy atom. The van der Waals surface area contributed by atoms with Crippen molar-refractivity contribution in [2.75, 3.05) is 33.4 Å². The van der Waals surface area contributed by atoms with Crippen LogP contribution in [0.3, 0.4) is 0 Å². The maximum atomic E-state index is 12.7. The lowest BCUT2D eigenvalue weighted by Crippen LogP contribution is -2.50. The molecule has 0 aliphatic carbocycles. The molecule has 0 N–H and O–H groups in total. The monoisotopic (exact) mass is 313 g/mol. The molecular weight excluding hydrogens is 294 g/mol. The van der Waals surface area contributed by atoms with Crippen LogP contribution in [0.5, 0.6) is 5.75 Å². The summed E-state index contributed by atoms with van der Waals surface area (Å²) in [6, 6.07) is 6.42. The van der Waals surface area contributed by atoms with E-state index >= 15 is 0 Å². The topological polar surface area (TPSA) is 65.1 Å². The summed E-state index contributed by atoms with van der Waals surface area (Å²) in [7, 11) is -1.98. The number of methoxy groups -OCH3 is 1. The van der Waals surface area contributed by atoms with E-state index in [4.69, 9.17) is 14.2 Å². The third kappa shape index (κ3) is 2.78. The van der Waals surface area contributed by atoms with Crippen LogP contribution in [-0.2, 0) is 19.5 Å². The van der Waals surface area contributed by atoms with Crippen molar-refractivity contribution in [3.05, 3.63) is 24.3 Å². The second-order valence-corrected chi connectivity index (χ2v) is 7.16. The molecule has 2 aliphatic heterocycles. The van der Waals surface area contributed by atoms with Crippen molar-refractivity contribution >= 4 is 10.0 Å². The molecule has 1 aromatic carbocycles. The van der Waals surface area contributed by atoms with Crippen molar-refractivity contribution in [2.24, 2.45) is 0 Å². The molecule has 21 heavy (non-hydrogen) atoms. The number of benzene rings is 1. The zero-order valence-electron chi connectivity index (χ0n) is 11.9. The van der Waals surface area contributed by atoms with E-state index in [1.165, 1.54) is 4.31 Å². The van der Waals surface area contributed by atoms with Gasteiger partial charge in [-0.1, -0.05) is 0 Å². The van der Waals surface area contributed by atoms with E-state index in [2.05, 4.69) is 0 Å². The first-order valence-electron chi connectivity index (χ1n) is 6.98. The summed E-state index contributed by atoms with van der Waals surface area (Å²) in [4.78, 5) is 0.262. The van der Waals surface area contributed by atoms with Gasteiger partial charge in [0.15, 0.2) is 5.79 Å². The molecular formula is C14H19NO5S. The largest absolute Gasteiger partial charge is 0.497 e. The Kier molecular flexibility index (Phi) is 3.92. The number of ether oxygens (including phenoxy) is 3. The molecule has 0 atom stereocenters. The SMILES string of the molecule is COc1ccc(S(=O)(=O)N2CCCC3(C2)OCCO3)cc1. The highest BCUT2D eigenvalue weighted by molar-refractivity contribution is 7.89. The summed E-state index contributed by atoms with van der Waals surface area (Å²) >= 11 is 0. The van der Waals surface area contributed by atoms with Crippen molar-refractivity contribution in [1.82, 2.24) is 4.31 Å². The molecule has 7 heteroatoms. The molecule has 1 spiro atoms. The summed E-state index contributed by atoms with van der Waals surface area (Å²) in [5, 5.41) is 0. The Balaban J connectivity index is 1.83. The average molecular weight is 313 g/mol. The van der Waals surface area contributed by atoms with Crippen LogP contribution in [0.15, 0.2) is 29.2 Å². The summed E-state index contributed by atoms with van der Waals surface area (Å²) in [5.74, 6) is -0.121. The van der Waals surface area contributed by atoms with Gasteiger partial charge in [-0.15, -0.1) is 0 Å². The predicted molar refractivity (Wildman–Crippen MR) is 75.6 cm³/mol. The second kappa shape index (κ2) is 5.57. The van der Waals surface area contributed by atoms with Crippen LogP contribution in [-0.4, -0.2) is 51.9 Å². The lowest BCUT2D eigenvalue weighted by atomic mass is 10.1. The number of rotatable bonds is 3. The fourth-order valence-electron chi connectivity index (χ4n) is 2.79. The number of sulfonamides is 1. The number of hydrogen-bond acceptors (Lipinski definition) is 5. The molecule has 0 saturated carbocycles. The van der Waals surface area contributed by atoms with Crippen molar-refractivity contribution in [3.8, 4) is 5.75 Å². The van der Waals surface area contributed by atoms with Gasteiger partial charge in [0, 0.05) is 13.0 Å². The molecule has 2 aliphatic rings.